The maximum absolute atomic E-state index is 4.99. The molecule has 0 spiro atoms. The summed E-state index contributed by atoms with van der Waals surface area (Å²) in [5.41, 5.74) is 0. The van der Waals surface area contributed by atoms with E-state index in [2.05, 4.69) is 20.5 Å². The van der Waals surface area contributed by atoms with Gasteiger partial charge < -0.3 is 10.1 Å². The summed E-state index contributed by atoms with van der Waals surface area (Å²) in [4.78, 5) is 3.92. The maximum Gasteiger partial charge on any atom is 0.337 e. The number of aromatic nitrogens is 3. The zero-order chi connectivity index (χ0) is 7.40. The van der Waals surface area contributed by atoms with Crippen LogP contribution >= 0.6 is 0 Å². The third kappa shape index (κ3) is 1.37. The maximum atomic E-state index is 4.99. The highest BCUT2D eigenvalue weighted by Gasteiger charge is 1.98. The summed E-state index contributed by atoms with van der Waals surface area (Å²) in [6.07, 6.45) is 0. The normalized spacial score (nSPS) is 9.40. The van der Waals surface area contributed by atoms with Gasteiger partial charge in [0.1, 0.15) is 0 Å². The van der Waals surface area contributed by atoms with Gasteiger partial charge in [-0.3, -0.25) is 0 Å². The molecule has 1 aromatic rings. The van der Waals surface area contributed by atoms with Crippen LogP contribution in [0.3, 0.4) is 0 Å². The minimum absolute atomic E-state index is 0.381. The van der Waals surface area contributed by atoms with Gasteiger partial charge in [-0.15, -0.1) is 5.10 Å². The molecule has 0 aliphatic carbocycles. The van der Waals surface area contributed by atoms with Crippen LogP contribution < -0.4 is 10.1 Å². The van der Waals surface area contributed by atoms with Gasteiger partial charge in [0.15, 0.2) is 0 Å². The molecule has 1 rings (SSSR count). The van der Waals surface area contributed by atoms with Gasteiger partial charge in [-0.05, 0) is 6.92 Å². The summed E-state index contributed by atoms with van der Waals surface area (Å²) in [5.74, 6) is 0.614. The Morgan fingerprint density at radius 2 is 2.50 bits per heavy atom. The molecule has 5 heteroatoms. The monoisotopic (exact) mass is 142 g/mol. The molecule has 0 saturated heterocycles. The van der Waals surface area contributed by atoms with E-state index in [1.165, 1.54) is 0 Å². The number of rotatable bonds is 3. The summed E-state index contributed by atoms with van der Waals surface area (Å²) in [6.45, 7) is 2.47. The molecule has 0 unspecified atom stereocenters. The summed E-state index contributed by atoms with van der Waals surface area (Å²) in [7, 11) is 1.76. The number of H-pyrrole nitrogens is 1. The molecular weight excluding hydrogens is 132 g/mol. The highest BCUT2D eigenvalue weighted by atomic mass is 16.5. The van der Waals surface area contributed by atoms with E-state index in [9.17, 15) is 0 Å². The fourth-order valence-electron chi connectivity index (χ4n) is 0.552. The Morgan fingerprint density at radius 3 is 3.00 bits per heavy atom. The first-order chi connectivity index (χ1) is 4.86. The van der Waals surface area contributed by atoms with Gasteiger partial charge in [0, 0.05) is 7.05 Å². The average molecular weight is 142 g/mol. The minimum atomic E-state index is 0.381. The van der Waals surface area contributed by atoms with Crippen LogP contribution in [0.1, 0.15) is 6.92 Å². The van der Waals surface area contributed by atoms with Crippen molar-refractivity contribution in [2.24, 2.45) is 0 Å². The van der Waals surface area contributed by atoms with E-state index in [1.807, 2.05) is 6.92 Å². The predicted molar refractivity (Wildman–Crippen MR) is 37.1 cm³/mol. The lowest BCUT2D eigenvalue weighted by Crippen LogP contribution is -1.93. The van der Waals surface area contributed by atoms with Crippen molar-refractivity contribution in [2.45, 2.75) is 6.92 Å². The molecular formula is C5H10N4O. The van der Waals surface area contributed by atoms with Crippen LogP contribution in [0.2, 0.25) is 0 Å². The second-order valence-electron chi connectivity index (χ2n) is 1.65. The van der Waals surface area contributed by atoms with Crippen molar-refractivity contribution in [1.82, 2.24) is 15.2 Å². The second kappa shape index (κ2) is 3.05. The molecule has 0 radical (unpaired) electrons. The van der Waals surface area contributed by atoms with E-state index in [-0.39, 0.29) is 0 Å². The lowest BCUT2D eigenvalue weighted by atomic mass is 10.9. The Labute approximate surface area is 58.8 Å². The number of hydrogen-bond acceptors (Lipinski definition) is 4. The van der Waals surface area contributed by atoms with E-state index >= 15 is 0 Å². The summed E-state index contributed by atoms with van der Waals surface area (Å²) >= 11 is 0. The fraction of sp³-hybridized carbons (Fsp3) is 0.600. The zero-order valence-electron chi connectivity index (χ0n) is 6.01. The molecule has 56 valence electrons. The first-order valence-corrected chi connectivity index (χ1v) is 3.09. The standard InChI is InChI=1S/C5H10N4O/c1-3-10-5-7-4(6-2)8-9-5/h3H2,1-2H3,(H2,6,7,8,9). The van der Waals surface area contributed by atoms with Crippen molar-refractivity contribution >= 4 is 5.95 Å². The Balaban J connectivity index is 2.59. The van der Waals surface area contributed by atoms with E-state index in [0.29, 0.717) is 18.6 Å². The van der Waals surface area contributed by atoms with E-state index in [4.69, 9.17) is 4.74 Å². The third-order valence-electron chi connectivity index (χ3n) is 0.975. The first-order valence-electron chi connectivity index (χ1n) is 3.09. The number of nitrogens with one attached hydrogen (secondary N) is 2. The van der Waals surface area contributed by atoms with E-state index in [0.717, 1.165) is 0 Å². The number of aromatic amines is 1. The Hall–Kier alpha value is -1.26. The number of nitrogens with zero attached hydrogens (tertiary/aromatic N) is 2. The molecule has 0 bridgehead atoms. The van der Waals surface area contributed by atoms with Gasteiger partial charge in [0.2, 0.25) is 5.95 Å². The zero-order valence-corrected chi connectivity index (χ0v) is 6.01. The summed E-state index contributed by atoms with van der Waals surface area (Å²) in [5, 5.41) is 9.20. The topological polar surface area (TPSA) is 62.8 Å². The summed E-state index contributed by atoms with van der Waals surface area (Å²) in [6, 6.07) is 0.381. The molecule has 0 aromatic carbocycles. The van der Waals surface area contributed by atoms with Crippen LogP contribution in [0.15, 0.2) is 0 Å². The average Bonchev–Trinajstić information content (AvgIpc) is 2.37. The van der Waals surface area contributed by atoms with Crippen LogP contribution in [0, 0.1) is 0 Å². The molecule has 10 heavy (non-hydrogen) atoms. The van der Waals surface area contributed by atoms with Crippen molar-refractivity contribution in [1.29, 1.82) is 0 Å². The molecule has 1 heterocycles. The SMILES string of the molecule is CCOc1n[nH]c(NC)n1. The highest BCUT2D eigenvalue weighted by Crippen LogP contribution is 2.03. The van der Waals surface area contributed by atoms with E-state index in [1.54, 1.807) is 7.05 Å². The van der Waals surface area contributed by atoms with Gasteiger partial charge in [-0.25, -0.2) is 5.10 Å². The smallest absolute Gasteiger partial charge is 0.337 e. The van der Waals surface area contributed by atoms with E-state index < -0.39 is 0 Å². The van der Waals surface area contributed by atoms with Crippen molar-refractivity contribution < 1.29 is 4.74 Å². The van der Waals surface area contributed by atoms with Crippen LogP contribution in [0.5, 0.6) is 6.01 Å². The lowest BCUT2D eigenvalue weighted by Gasteiger charge is -1.91. The van der Waals surface area contributed by atoms with Gasteiger partial charge in [0.25, 0.3) is 0 Å². The predicted octanol–water partition coefficient (Wildman–Crippen LogP) is 0.245. The van der Waals surface area contributed by atoms with Crippen molar-refractivity contribution in [3.63, 3.8) is 0 Å². The van der Waals surface area contributed by atoms with Gasteiger partial charge in [-0.1, -0.05) is 0 Å². The van der Waals surface area contributed by atoms with Crippen LogP contribution in [0.4, 0.5) is 5.95 Å². The number of ether oxygens (including phenoxy) is 1. The Morgan fingerprint density at radius 1 is 1.70 bits per heavy atom. The summed E-state index contributed by atoms with van der Waals surface area (Å²) < 4.78 is 4.99. The molecule has 0 aliphatic rings. The number of hydrogen-bond donors (Lipinski definition) is 2. The largest absolute Gasteiger partial charge is 0.463 e. The molecule has 1 aromatic heterocycles. The Kier molecular flexibility index (Phi) is 2.09. The first kappa shape index (κ1) is 6.85. The van der Waals surface area contributed by atoms with Gasteiger partial charge in [-0.2, -0.15) is 4.98 Å². The van der Waals surface area contributed by atoms with Gasteiger partial charge in [0.05, 0.1) is 6.61 Å². The minimum Gasteiger partial charge on any atom is -0.463 e. The lowest BCUT2D eigenvalue weighted by molar-refractivity contribution is 0.314. The van der Waals surface area contributed by atoms with Crippen LogP contribution in [-0.2, 0) is 0 Å². The van der Waals surface area contributed by atoms with Crippen molar-refractivity contribution in [3.8, 4) is 6.01 Å². The molecule has 0 amide bonds. The van der Waals surface area contributed by atoms with Crippen molar-refractivity contribution in [2.75, 3.05) is 19.0 Å². The molecule has 0 saturated carbocycles. The van der Waals surface area contributed by atoms with Crippen LogP contribution in [-0.4, -0.2) is 28.8 Å². The highest BCUT2D eigenvalue weighted by molar-refractivity contribution is 5.22. The quantitative estimate of drug-likeness (QED) is 0.634. The molecule has 0 fully saturated rings. The number of anilines is 1. The van der Waals surface area contributed by atoms with Gasteiger partial charge >= 0.3 is 6.01 Å². The Bertz CT molecular complexity index is 197. The molecule has 0 aliphatic heterocycles. The van der Waals surface area contributed by atoms with Crippen molar-refractivity contribution in [3.05, 3.63) is 0 Å². The molecule has 5 nitrogen and oxygen atoms in total. The molecule has 0 atom stereocenters. The second-order valence-corrected chi connectivity index (χ2v) is 1.65. The van der Waals surface area contributed by atoms with Crippen LogP contribution in [0.25, 0.3) is 0 Å². The third-order valence-corrected chi connectivity index (χ3v) is 0.975. The fourth-order valence-corrected chi connectivity index (χ4v) is 0.552. The molecule has 2 N–H and O–H groups in total.